The number of aryl methyl sites for hydroxylation is 1. The predicted octanol–water partition coefficient (Wildman–Crippen LogP) is 4.01. The number of hydrogen-bond donors (Lipinski definition) is 0. The van der Waals surface area contributed by atoms with E-state index < -0.39 is 0 Å². The van der Waals surface area contributed by atoms with Gasteiger partial charge in [-0.25, -0.2) is 4.68 Å². The molecule has 0 bridgehead atoms. The Kier molecular flexibility index (Phi) is 3.84. The first-order valence-electron chi connectivity index (χ1n) is 6.54. The Morgan fingerprint density at radius 3 is 3.05 bits per heavy atom. The highest BCUT2D eigenvalue weighted by Gasteiger charge is 2.27. The Morgan fingerprint density at radius 1 is 1.53 bits per heavy atom. The summed E-state index contributed by atoms with van der Waals surface area (Å²) in [5.41, 5.74) is 1.51. The molecule has 19 heavy (non-hydrogen) atoms. The summed E-state index contributed by atoms with van der Waals surface area (Å²) in [7, 11) is 0. The molecule has 2 aromatic rings. The second kappa shape index (κ2) is 5.44. The van der Waals surface area contributed by atoms with E-state index in [2.05, 4.69) is 28.4 Å². The first kappa shape index (κ1) is 13.4. The Morgan fingerprint density at radius 2 is 2.37 bits per heavy atom. The molecule has 3 rings (SSSR count). The number of aromatic nitrogens is 2. The van der Waals surface area contributed by atoms with Crippen molar-refractivity contribution in [1.82, 2.24) is 14.7 Å². The van der Waals surface area contributed by atoms with Gasteiger partial charge in [-0.3, -0.25) is 4.90 Å². The summed E-state index contributed by atoms with van der Waals surface area (Å²) < 4.78 is 2.85. The zero-order valence-electron chi connectivity index (χ0n) is 11.1. The van der Waals surface area contributed by atoms with Crippen LogP contribution in [0.3, 0.4) is 0 Å². The van der Waals surface area contributed by atoms with Crippen molar-refractivity contribution in [1.29, 1.82) is 0 Å². The fourth-order valence-corrected chi connectivity index (χ4v) is 4.75. The minimum absolute atomic E-state index is 0.513. The van der Waals surface area contributed by atoms with Crippen molar-refractivity contribution in [2.24, 2.45) is 0 Å². The van der Waals surface area contributed by atoms with E-state index in [1.165, 1.54) is 5.56 Å². The van der Waals surface area contributed by atoms with Crippen molar-refractivity contribution in [3.63, 3.8) is 0 Å². The average molecular weight is 312 g/mol. The number of thiophene rings is 1. The molecule has 0 aliphatic carbocycles. The van der Waals surface area contributed by atoms with Gasteiger partial charge in [-0.05, 0) is 49.0 Å². The van der Waals surface area contributed by atoms with Crippen LogP contribution < -0.4 is 0 Å². The summed E-state index contributed by atoms with van der Waals surface area (Å²) >= 11 is 8.86. The highest BCUT2D eigenvalue weighted by Crippen LogP contribution is 2.35. The van der Waals surface area contributed by atoms with Crippen LogP contribution in [0.2, 0.25) is 0 Å². The monoisotopic (exact) mass is 311 g/mol. The summed E-state index contributed by atoms with van der Waals surface area (Å²) in [5, 5.41) is 7.77. The SMILES string of the molecule is CCC1c2ccsc2CCN1Cn1nc(C)sc1=S. The van der Waals surface area contributed by atoms with Crippen LogP contribution in [0.15, 0.2) is 11.4 Å². The molecule has 0 saturated carbocycles. The molecule has 3 nitrogen and oxygen atoms in total. The van der Waals surface area contributed by atoms with Crippen molar-refractivity contribution in [3.05, 3.63) is 30.8 Å². The maximum absolute atomic E-state index is 5.37. The lowest BCUT2D eigenvalue weighted by Gasteiger charge is -2.35. The smallest absolute Gasteiger partial charge is 0.180 e. The molecule has 1 aliphatic heterocycles. The van der Waals surface area contributed by atoms with Crippen LogP contribution >= 0.6 is 34.9 Å². The lowest BCUT2D eigenvalue weighted by atomic mass is 9.98. The standard InChI is InChI=1S/C13H17N3S3/c1-3-11-10-5-7-18-12(10)4-6-15(11)8-16-13(17)19-9(2)14-16/h5,7,11H,3-4,6,8H2,1-2H3. The van der Waals surface area contributed by atoms with Gasteiger partial charge in [0.1, 0.15) is 5.01 Å². The molecule has 6 heteroatoms. The van der Waals surface area contributed by atoms with E-state index >= 15 is 0 Å². The summed E-state index contributed by atoms with van der Waals surface area (Å²) in [5.74, 6) is 0. The van der Waals surface area contributed by atoms with Crippen molar-refractivity contribution < 1.29 is 0 Å². The summed E-state index contributed by atoms with van der Waals surface area (Å²) in [6.07, 6.45) is 2.29. The maximum atomic E-state index is 5.37. The molecule has 1 atom stereocenters. The molecule has 1 aliphatic rings. The topological polar surface area (TPSA) is 21.1 Å². The third-order valence-corrected chi connectivity index (χ3v) is 5.84. The first-order valence-corrected chi connectivity index (χ1v) is 8.64. The van der Waals surface area contributed by atoms with E-state index in [1.807, 2.05) is 22.9 Å². The molecule has 2 aromatic heterocycles. The van der Waals surface area contributed by atoms with Gasteiger partial charge in [-0.15, -0.1) is 11.3 Å². The molecule has 0 radical (unpaired) electrons. The van der Waals surface area contributed by atoms with Gasteiger partial charge >= 0.3 is 0 Å². The van der Waals surface area contributed by atoms with Crippen molar-refractivity contribution >= 4 is 34.9 Å². The molecule has 0 aromatic carbocycles. The Hall–Kier alpha value is -0.560. The van der Waals surface area contributed by atoms with Gasteiger partial charge in [0.05, 0.1) is 6.67 Å². The normalized spacial score (nSPS) is 19.6. The van der Waals surface area contributed by atoms with Crippen molar-refractivity contribution in [3.8, 4) is 0 Å². The quantitative estimate of drug-likeness (QED) is 0.799. The van der Waals surface area contributed by atoms with Crippen LogP contribution in [0.4, 0.5) is 0 Å². The molecule has 0 N–H and O–H groups in total. The maximum Gasteiger partial charge on any atom is 0.180 e. The van der Waals surface area contributed by atoms with Gasteiger partial charge in [0.25, 0.3) is 0 Å². The van der Waals surface area contributed by atoms with Gasteiger partial charge in [-0.2, -0.15) is 5.10 Å². The summed E-state index contributed by atoms with van der Waals surface area (Å²) in [6, 6.07) is 2.80. The van der Waals surface area contributed by atoms with Gasteiger partial charge in [0.15, 0.2) is 3.95 Å². The Balaban J connectivity index is 1.86. The van der Waals surface area contributed by atoms with Crippen LogP contribution in [-0.2, 0) is 13.1 Å². The molecule has 0 saturated heterocycles. The molecular formula is C13H17N3S3. The molecule has 0 spiro atoms. The number of rotatable bonds is 3. The third kappa shape index (κ3) is 2.54. The fourth-order valence-electron chi connectivity index (χ4n) is 2.77. The minimum Gasteiger partial charge on any atom is -0.277 e. The van der Waals surface area contributed by atoms with Crippen molar-refractivity contribution in [2.45, 2.75) is 39.4 Å². The summed E-state index contributed by atoms with van der Waals surface area (Å²) in [6.45, 7) is 6.19. The zero-order valence-corrected chi connectivity index (χ0v) is 13.6. The number of fused-ring (bicyclic) bond motifs is 1. The first-order chi connectivity index (χ1) is 9.19. The molecular weight excluding hydrogens is 294 g/mol. The van der Waals surface area contributed by atoms with E-state index in [0.29, 0.717) is 6.04 Å². The van der Waals surface area contributed by atoms with Crippen molar-refractivity contribution in [2.75, 3.05) is 6.54 Å². The number of hydrogen-bond acceptors (Lipinski definition) is 5. The van der Waals surface area contributed by atoms with Crippen LogP contribution in [0.5, 0.6) is 0 Å². The third-order valence-electron chi connectivity index (χ3n) is 3.62. The largest absolute Gasteiger partial charge is 0.277 e. The second-order valence-corrected chi connectivity index (χ2v) is 7.64. The lowest BCUT2D eigenvalue weighted by Crippen LogP contribution is -2.36. The number of nitrogens with zero attached hydrogens (tertiary/aromatic N) is 3. The van der Waals surface area contributed by atoms with Gasteiger partial charge in [0.2, 0.25) is 0 Å². The molecule has 0 fully saturated rings. The van der Waals surface area contributed by atoms with Gasteiger partial charge in [0, 0.05) is 17.5 Å². The van der Waals surface area contributed by atoms with Crippen LogP contribution in [0.1, 0.15) is 34.8 Å². The highest BCUT2D eigenvalue weighted by atomic mass is 32.1. The van der Waals surface area contributed by atoms with Crippen LogP contribution in [0, 0.1) is 10.9 Å². The van der Waals surface area contributed by atoms with E-state index in [1.54, 1.807) is 16.2 Å². The molecule has 102 valence electrons. The fraction of sp³-hybridized carbons (Fsp3) is 0.538. The predicted molar refractivity (Wildman–Crippen MR) is 83.4 cm³/mol. The summed E-state index contributed by atoms with van der Waals surface area (Å²) in [4.78, 5) is 4.06. The average Bonchev–Trinajstić information content (AvgIpc) is 2.96. The zero-order chi connectivity index (χ0) is 13.4. The minimum atomic E-state index is 0.513. The Labute approximate surface area is 126 Å². The van der Waals surface area contributed by atoms with E-state index in [9.17, 15) is 0 Å². The van der Waals surface area contributed by atoms with Crippen LogP contribution in [-0.4, -0.2) is 21.2 Å². The molecule has 0 amide bonds. The van der Waals surface area contributed by atoms with E-state index in [-0.39, 0.29) is 0 Å². The molecule has 3 heterocycles. The second-order valence-electron chi connectivity index (χ2n) is 4.81. The van der Waals surface area contributed by atoms with E-state index in [4.69, 9.17) is 12.2 Å². The van der Waals surface area contributed by atoms with Gasteiger partial charge in [-0.1, -0.05) is 18.3 Å². The Bertz CT molecular complexity index is 625. The molecule has 1 unspecified atom stereocenters. The van der Waals surface area contributed by atoms with Gasteiger partial charge < -0.3 is 0 Å². The lowest BCUT2D eigenvalue weighted by molar-refractivity contribution is 0.130. The van der Waals surface area contributed by atoms with E-state index in [0.717, 1.165) is 35.0 Å². The highest BCUT2D eigenvalue weighted by molar-refractivity contribution is 7.73. The van der Waals surface area contributed by atoms with Crippen LogP contribution in [0.25, 0.3) is 0 Å².